The molecule has 1 N–H and O–H groups in total. The van der Waals surface area contributed by atoms with E-state index in [2.05, 4.69) is 15.5 Å². The summed E-state index contributed by atoms with van der Waals surface area (Å²) in [4.78, 5) is 12.2. The minimum Gasteiger partial charge on any atom is -0.306 e. The Bertz CT molecular complexity index is 966. The number of hydrogen-bond acceptors (Lipinski definition) is 3. The number of hydrogen-bond donors (Lipinski definition) is 1. The second-order valence-electron chi connectivity index (χ2n) is 5.84. The molecule has 0 bridgehead atoms. The molecule has 0 saturated carbocycles. The molecule has 9 heteroatoms. The maximum absolute atomic E-state index is 13.3. The summed E-state index contributed by atoms with van der Waals surface area (Å²) in [5.41, 5.74) is 2.11. The smallest absolute Gasteiger partial charge is 0.247 e. The zero-order valence-corrected chi connectivity index (χ0v) is 15.6. The second-order valence-corrected chi connectivity index (χ2v) is 6.63. The summed E-state index contributed by atoms with van der Waals surface area (Å²) in [7, 11) is 0. The lowest BCUT2D eigenvalue weighted by atomic mass is 10.2. The first-order chi connectivity index (χ1) is 12.3. The van der Waals surface area contributed by atoms with Gasteiger partial charge in [0.05, 0.1) is 23.0 Å². The predicted molar refractivity (Wildman–Crippen MR) is 98.1 cm³/mol. The first-order valence-electron chi connectivity index (χ1n) is 7.80. The highest BCUT2D eigenvalue weighted by Gasteiger charge is 2.15. The van der Waals surface area contributed by atoms with Gasteiger partial charge in [-0.15, -0.1) is 0 Å². The van der Waals surface area contributed by atoms with Gasteiger partial charge in [0, 0.05) is 6.20 Å². The predicted octanol–water partition coefficient (Wildman–Crippen LogP) is 3.83. The minimum absolute atomic E-state index is 0.00746. The van der Waals surface area contributed by atoms with Crippen LogP contribution in [0.15, 0.2) is 30.5 Å². The van der Waals surface area contributed by atoms with Crippen LogP contribution in [0.25, 0.3) is 0 Å². The topological polar surface area (TPSA) is 64.7 Å². The number of amides is 1. The Labute approximate surface area is 159 Å². The van der Waals surface area contributed by atoms with E-state index in [-0.39, 0.29) is 24.1 Å². The Hall–Kier alpha value is -2.38. The van der Waals surface area contributed by atoms with Gasteiger partial charge in [0.2, 0.25) is 5.91 Å². The molecule has 1 amide bonds. The molecule has 0 aliphatic carbocycles. The van der Waals surface area contributed by atoms with Gasteiger partial charge < -0.3 is 5.32 Å². The lowest BCUT2D eigenvalue weighted by molar-refractivity contribution is -0.117. The van der Waals surface area contributed by atoms with Gasteiger partial charge in [0.1, 0.15) is 17.4 Å². The van der Waals surface area contributed by atoms with E-state index in [0.717, 1.165) is 5.56 Å². The molecular weight excluding hydrogens is 380 g/mol. The molecule has 0 radical (unpaired) electrons. The lowest BCUT2D eigenvalue weighted by Gasteiger charge is -2.05. The highest BCUT2D eigenvalue weighted by Crippen LogP contribution is 2.21. The molecule has 0 fully saturated rings. The standard InChI is InChI=1S/C17H16Cl2FN5O/c1-10-16(19)11(2)25(22-10)9-15(26)21-17-14(18)8-24(23-17)7-12-4-3-5-13(20)6-12/h3-6,8H,7,9H2,1-2H3,(H,21,23,26). The van der Waals surface area contributed by atoms with Crippen LogP contribution in [0, 0.1) is 19.7 Å². The zero-order chi connectivity index (χ0) is 18.8. The van der Waals surface area contributed by atoms with E-state index < -0.39 is 0 Å². The fourth-order valence-electron chi connectivity index (χ4n) is 2.52. The van der Waals surface area contributed by atoms with Crippen LogP contribution in [0.4, 0.5) is 10.2 Å². The molecule has 136 valence electrons. The van der Waals surface area contributed by atoms with Crippen molar-refractivity contribution in [2.24, 2.45) is 0 Å². The van der Waals surface area contributed by atoms with Crippen LogP contribution in [-0.2, 0) is 17.9 Å². The first-order valence-corrected chi connectivity index (χ1v) is 8.56. The number of carbonyl (C=O) groups excluding carboxylic acids is 1. The Kier molecular flexibility index (Phi) is 5.29. The van der Waals surface area contributed by atoms with Crippen LogP contribution in [0.5, 0.6) is 0 Å². The molecule has 2 aromatic heterocycles. The third-order valence-electron chi connectivity index (χ3n) is 3.80. The van der Waals surface area contributed by atoms with Crippen molar-refractivity contribution in [1.29, 1.82) is 0 Å². The van der Waals surface area contributed by atoms with Crippen molar-refractivity contribution in [3.05, 3.63) is 63.3 Å². The van der Waals surface area contributed by atoms with Crippen molar-refractivity contribution >= 4 is 34.9 Å². The van der Waals surface area contributed by atoms with Crippen LogP contribution < -0.4 is 5.32 Å². The van der Waals surface area contributed by atoms with Crippen molar-refractivity contribution in [3.63, 3.8) is 0 Å². The normalized spacial score (nSPS) is 11.0. The first kappa shape index (κ1) is 18.4. The molecule has 0 saturated heterocycles. The molecule has 0 aliphatic rings. The molecule has 26 heavy (non-hydrogen) atoms. The van der Waals surface area contributed by atoms with Crippen molar-refractivity contribution in [2.75, 3.05) is 5.32 Å². The number of nitrogens with zero attached hydrogens (tertiary/aromatic N) is 4. The number of halogens is 3. The third-order valence-corrected chi connectivity index (χ3v) is 4.62. The van der Waals surface area contributed by atoms with Crippen LogP contribution >= 0.6 is 23.2 Å². The molecule has 3 aromatic rings. The van der Waals surface area contributed by atoms with Gasteiger partial charge in [0.25, 0.3) is 0 Å². The highest BCUT2D eigenvalue weighted by atomic mass is 35.5. The number of carbonyl (C=O) groups is 1. The van der Waals surface area contributed by atoms with Gasteiger partial charge in [-0.25, -0.2) is 4.39 Å². The summed E-state index contributed by atoms with van der Waals surface area (Å²) >= 11 is 12.2. The summed E-state index contributed by atoms with van der Waals surface area (Å²) in [6, 6.07) is 6.19. The highest BCUT2D eigenvalue weighted by molar-refractivity contribution is 6.33. The molecule has 1 aromatic carbocycles. The largest absolute Gasteiger partial charge is 0.306 e. The number of aromatic nitrogens is 4. The molecule has 0 aliphatic heterocycles. The summed E-state index contributed by atoms with van der Waals surface area (Å²) in [6.45, 7) is 3.89. The summed E-state index contributed by atoms with van der Waals surface area (Å²) in [5.74, 6) is -0.413. The van der Waals surface area contributed by atoms with Crippen LogP contribution in [0.2, 0.25) is 10.0 Å². The second kappa shape index (κ2) is 7.47. The fourth-order valence-corrected chi connectivity index (χ4v) is 2.85. The lowest BCUT2D eigenvalue weighted by Crippen LogP contribution is -2.21. The molecular formula is C17H16Cl2FN5O. The van der Waals surface area contributed by atoms with Crippen molar-refractivity contribution in [3.8, 4) is 0 Å². The molecule has 6 nitrogen and oxygen atoms in total. The third kappa shape index (κ3) is 4.05. The summed E-state index contributed by atoms with van der Waals surface area (Å²) in [6.07, 6.45) is 1.57. The fraction of sp³-hybridized carbons (Fsp3) is 0.235. The number of aryl methyl sites for hydroxylation is 1. The molecule has 0 unspecified atom stereocenters. The van der Waals surface area contributed by atoms with Gasteiger partial charge in [-0.05, 0) is 31.5 Å². The van der Waals surface area contributed by atoms with E-state index in [4.69, 9.17) is 23.2 Å². The Morgan fingerprint density at radius 3 is 2.69 bits per heavy atom. The van der Waals surface area contributed by atoms with Crippen molar-refractivity contribution in [1.82, 2.24) is 19.6 Å². The van der Waals surface area contributed by atoms with Crippen molar-refractivity contribution < 1.29 is 9.18 Å². The molecule has 3 rings (SSSR count). The van der Waals surface area contributed by atoms with E-state index in [1.807, 2.05) is 0 Å². The van der Waals surface area contributed by atoms with Crippen LogP contribution in [0.1, 0.15) is 17.0 Å². The van der Waals surface area contributed by atoms with Gasteiger partial charge in [-0.1, -0.05) is 35.3 Å². The van der Waals surface area contributed by atoms with Crippen LogP contribution in [-0.4, -0.2) is 25.5 Å². The SMILES string of the molecule is Cc1nn(CC(=O)Nc2nn(Cc3cccc(F)c3)cc2Cl)c(C)c1Cl. The van der Waals surface area contributed by atoms with E-state index >= 15 is 0 Å². The van der Waals surface area contributed by atoms with Crippen molar-refractivity contribution in [2.45, 2.75) is 26.9 Å². The monoisotopic (exact) mass is 395 g/mol. The van der Waals surface area contributed by atoms with Crippen LogP contribution in [0.3, 0.4) is 0 Å². The van der Waals surface area contributed by atoms with Gasteiger partial charge in [-0.2, -0.15) is 10.2 Å². The molecule has 2 heterocycles. The van der Waals surface area contributed by atoms with Gasteiger partial charge >= 0.3 is 0 Å². The Morgan fingerprint density at radius 2 is 2.04 bits per heavy atom. The van der Waals surface area contributed by atoms with E-state index in [0.29, 0.717) is 28.0 Å². The average Bonchev–Trinajstić information content (AvgIpc) is 3.02. The van der Waals surface area contributed by atoms with Gasteiger partial charge in [-0.3, -0.25) is 14.2 Å². The molecule has 0 atom stereocenters. The number of anilines is 1. The van der Waals surface area contributed by atoms with Gasteiger partial charge in [0.15, 0.2) is 5.82 Å². The average molecular weight is 396 g/mol. The summed E-state index contributed by atoms with van der Waals surface area (Å²) < 4.78 is 16.3. The quantitative estimate of drug-likeness (QED) is 0.713. The number of benzene rings is 1. The zero-order valence-electron chi connectivity index (χ0n) is 14.1. The number of rotatable bonds is 5. The molecule has 0 spiro atoms. The Balaban J connectivity index is 1.69. The number of nitrogens with one attached hydrogen (secondary N) is 1. The maximum atomic E-state index is 13.3. The van der Waals surface area contributed by atoms with E-state index in [1.165, 1.54) is 21.5 Å². The summed E-state index contributed by atoms with van der Waals surface area (Å²) in [5, 5.41) is 11.9. The Morgan fingerprint density at radius 1 is 1.27 bits per heavy atom. The van der Waals surface area contributed by atoms with E-state index in [9.17, 15) is 9.18 Å². The maximum Gasteiger partial charge on any atom is 0.247 e. The minimum atomic E-state index is -0.329. The van der Waals surface area contributed by atoms with E-state index in [1.54, 1.807) is 32.2 Å².